The number of amides is 1. The summed E-state index contributed by atoms with van der Waals surface area (Å²) in [6.45, 7) is 2.68. The van der Waals surface area contributed by atoms with Gasteiger partial charge in [0.15, 0.2) is 5.16 Å². The molecule has 4 aliphatic heterocycles. The number of fused-ring (bicyclic) bond motifs is 3. The van der Waals surface area contributed by atoms with Gasteiger partial charge < -0.3 is 14.2 Å². The first-order valence-electron chi connectivity index (χ1n) is 12.1. The predicted octanol–water partition coefficient (Wildman–Crippen LogP) is 4.60. The van der Waals surface area contributed by atoms with Crippen molar-refractivity contribution in [1.29, 1.82) is 5.26 Å². The van der Waals surface area contributed by atoms with Crippen LogP contribution in [0.15, 0.2) is 66.0 Å². The molecule has 1 unspecified atom stereocenters. The highest BCUT2D eigenvalue weighted by molar-refractivity contribution is 7.99. The van der Waals surface area contributed by atoms with Crippen LogP contribution in [0.3, 0.4) is 0 Å². The van der Waals surface area contributed by atoms with Crippen LogP contribution in [-0.2, 0) is 11.2 Å². The van der Waals surface area contributed by atoms with Gasteiger partial charge >= 0.3 is 0 Å². The highest BCUT2D eigenvalue weighted by atomic mass is 32.2. The Balaban J connectivity index is 1.40. The molecule has 4 aliphatic rings. The maximum Gasteiger partial charge on any atom is 0.241 e. The monoisotopic (exact) mass is 493 g/mol. The highest BCUT2D eigenvalue weighted by Crippen LogP contribution is 2.40. The summed E-state index contributed by atoms with van der Waals surface area (Å²) in [5.41, 5.74) is 3.66. The Morgan fingerprint density at radius 3 is 2.92 bits per heavy atom. The molecule has 1 saturated heterocycles. The summed E-state index contributed by atoms with van der Waals surface area (Å²) in [4.78, 5) is 22.1. The Hall–Kier alpha value is -3.80. The third-order valence-electron chi connectivity index (χ3n) is 7.37. The third-order valence-corrected chi connectivity index (χ3v) is 8.41. The molecule has 3 aromatic carbocycles. The van der Waals surface area contributed by atoms with Crippen LogP contribution >= 0.6 is 11.8 Å². The van der Waals surface area contributed by atoms with Gasteiger partial charge in [-0.25, -0.2) is 4.98 Å². The molecule has 0 radical (unpaired) electrons. The van der Waals surface area contributed by atoms with Crippen LogP contribution in [0.1, 0.15) is 22.9 Å². The maximum absolute atomic E-state index is 13.3. The van der Waals surface area contributed by atoms with Crippen molar-refractivity contribution in [2.24, 2.45) is 0 Å². The summed E-state index contributed by atoms with van der Waals surface area (Å²) in [6.07, 6.45) is 2.79. The zero-order valence-electron chi connectivity index (χ0n) is 19.6. The molecule has 4 aromatic rings. The van der Waals surface area contributed by atoms with Gasteiger partial charge in [-0.2, -0.15) is 5.26 Å². The molecule has 0 spiro atoms. The minimum atomic E-state index is 0.106. The van der Waals surface area contributed by atoms with E-state index in [0.29, 0.717) is 30.2 Å². The average molecular weight is 494 g/mol. The number of hydrogen-bond donors (Lipinski definition) is 0. The molecule has 0 aliphatic carbocycles. The zero-order chi connectivity index (χ0) is 24.2. The summed E-state index contributed by atoms with van der Waals surface area (Å²) in [6, 6.07) is 20.2. The largest absolute Gasteiger partial charge is 0.456 e. The number of anilines is 1. The summed E-state index contributed by atoms with van der Waals surface area (Å²) in [5.74, 6) is 2.18. The lowest BCUT2D eigenvalue weighted by Crippen LogP contribution is -2.51. The number of nitrogens with zero attached hydrogens (tertiary/aromatic N) is 5. The summed E-state index contributed by atoms with van der Waals surface area (Å²) < 4.78 is 8.66. The molecule has 2 atom stereocenters. The minimum absolute atomic E-state index is 0.106. The number of thioether (sulfide) groups is 1. The van der Waals surface area contributed by atoms with Crippen molar-refractivity contribution >= 4 is 34.1 Å². The van der Waals surface area contributed by atoms with Gasteiger partial charge in [0.05, 0.1) is 23.8 Å². The van der Waals surface area contributed by atoms with Crippen molar-refractivity contribution in [2.45, 2.75) is 17.6 Å². The number of carbonyl (C=O) groups is 1. The quantitative estimate of drug-likeness (QED) is 0.356. The molecule has 7 nitrogen and oxygen atoms in total. The van der Waals surface area contributed by atoms with E-state index in [1.807, 2.05) is 65.7 Å². The first-order chi connectivity index (χ1) is 17.7. The van der Waals surface area contributed by atoms with Crippen molar-refractivity contribution in [3.63, 3.8) is 0 Å². The van der Waals surface area contributed by atoms with Gasteiger partial charge in [-0.3, -0.25) is 9.69 Å². The van der Waals surface area contributed by atoms with E-state index >= 15 is 0 Å². The van der Waals surface area contributed by atoms with Crippen LogP contribution in [0.2, 0.25) is 0 Å². The van der Waals surface area contributed by atoms with Crippen molar-refractivity contribution in [2.75, 3.05) is 36.8 Å². The molecular formula is C28H23N5O2S. The van der Waals surface area contributed by atoms with Crippen LogP contribution in [0.5, 0.6) is 11.5 Å². The molecule has 5 heterocycles. The second kappa shape index (κ2) is 8.40. The fraction of sp³-hybridized carbons (Fsp3) is 0.250. The highest BCUT2D eigenvalue weighted by Gasteiger charge is 2.30. The number of nitriles is 1. The molecule has 0 N–H and O–H groups in total. The second-order valence-corrected chi connectivity index (χ2v) is 10.4. The Labute approximate surface area is 212 Å². The minimum Gasteiger partial charge on any atom is -0.456 e. The lowest BCUT2D eigenvalue weighted by atomic mass is 10.0. The summed E-state index contributed by atoms with van der Waals surface area (Å²) >= 11 is 1.75. The molecule has 0 saturated carbocycles. The summed E-state index contributed by atoms with van der Waals surface area (Å²) in [5, 5.41) is 12.8. The van der Waals surface area contributed by atoms with E-state index in [1.165, 1.54) is 5.69 Å². The molecule has 6 bridgehead atoms. The van der Waals surface area contributed by atoms with Gasteiger partial charge in [-0.1, -0.05) is 36.0 Å². The van der Waals surface area contributed by atoms with E-state index in [0.717, 1.165) is 52.4 Å². The van der Waals surface area contributed by atoms with Crippen molar-refractivity contribution < 1.29 is 9.53 Å². The van der Waals surface area contributed by atoms with Crippen LogP contribution in [0.25, 0.3) is 10.8 Å². The van der Waals surface area contributed by atoms with Gasteiger partial charge in [0, 0.05) is 49.1 Å². The Bertz CT molecular complexity index is 1570. The first kappa shape index (κ1) is 21.5. The normalized spacial score (nSPS) is 20.8. The van der Waals surface area contributed by atoms with Crippen molar-refractivity contribution in [1.82, 2.24) is 14.5 Å². The zero-order valence-corrected chi connectivity index (χ0v) is 20.4. The van der Waals surface area contributed by atoms with E-state index < -0.39 is 0 Å². The number of hydrogen-bond acceptors (Lipinski definition) is 6. The molecule has 178 valence electrons. The van der Waals surface area contributed by atoms with Crippen molar-refractivity contribution in [3.8, 4) is 17.6 Å². The fourth-order valence-electron chi connectivity index (χ4n) is 5.50. The number of piperazine rings is 1. The number of rotatable bonds is 0. The Morgan fingerprint density at radius 2 is 2.03 bits per heavy atom. The molecule has 1 fully saturated rings. The Kier molecular flexibility index (Phi) is 5.01. The molecule has 1 amide bonds. The standard InChI is InChI=1S/C28H23N5O2S/c29-14-20-5-4-19-12-26(20)35-22-7-6-18-2-1-3-24(23(18)13-22)32-11-10-31(16-27(32)34)9-8-21-15-30-28-33(21)25(19)17-36-28/h1-7,12-13,15,25H,8-11,16-17H2/t25-/m1/s1. The van der Waals surface area contributed by atoms with Crippen LogP contribution < -0.4 is 9.64 Å². The van der Waals surface area contributed by atoms with Gasteiger partial charge in [0.2, 0.25) is 5.91 Å². The van der Waals surface area contributed by atoms with Gasteiger partial charge in [-0.15, -0.1) is 0 Å². The number of aromatic nitrogens is 2. The maximum atomic E-state index is 13.3. The van der Waals surface area contributed by atoms with Crippen LogP contribution in [0.4, 0.5) is 5.69 Å². The van der Waals surface area contributed by atoms with E-state index in [9.17, 15) is 10.1 Å². The predicted molar refractivity (Wildman–Crippen MR) is 139 cm³/mol. The molecular weight excluding hydrogens is 470 g/mol. The summed E-state index contributed by atoms with van der Waals surface area (Å²) in [7, 11) is 0. The number of imidazole rings is 1. The number of ether oxygens (including phenoxy) is 1. The SMILES string of the molecule is N#Cc1ccc2cc1Oc1ccc3cccc(c3c1)N1CCN(CCc3cnc4n3[C@@H]2CS4)CC1=O. The average Bonchev–Trinajstić information content (AvgIpc) is 3.49. The van der Waals surface area contributed by atoms with E-state index in [1.54, 1.807) is 11.8 Å². The van der Waals surface area contributed by atoms with Gasteiger partial charge in [0.25, 0.3) is 0 Å². The fourth-order valence-corrected chi connectivity index (χ4v) is 6.66. The van der Waals surface area contributed by atoms with E-state index in [-0.39, 0.29) is 11.9 Å². The van der Waals surface area contributed by atoms with Crippen molar-refractivity contribution in [3.05, 3.63) is 77.6 Å². The molecule has 8 heteroatoms. The molecule has 8 rings (SSSR count). The third kappa shape index (κ3) is 3.47. The van der Waals surface area contributed by atoms with Crippen LogP contribution in [0, 0.1) is 11.3 Å². The lowest BCUT2D eigenvalue weighted by molar-refractivity contribution is -0.121. The second-order valence-electron chi connectivity index (χ2n) is 9.43. The topological polar surface area (TPSA) is 74.4 Å². The van der Waals surface area contributed by atoms with Crippen LogP contribution in [-0.4, -0.2) is 52.3 Å². The first-order valence-corrected chi connectivity index (χ1v) is 13.1. The Morgan fingerprint density at radius 1 is 1.08 bits per heavy atom. The number of benzene rings is 3. The number of carbonyl (C=O) groups excluding carboxylic acids is 1. The van der Waals surface area contributed by atoms with Gasteiger partial charge in [0.1, 0.15) is 17.6 Å². The van der Waals surface area contributed by atoms with E-state index in [2.05, 4.69) is 20.5 Å². The molecule has 1 aromatic heterocycles. The van der Waals surface area contributed by atoms with E-state index in [4.69, 9.17) is 4.74 Å². The lowest BCUT2D eigenvalue weighted by Gasteiger charge is -2.35. The molecule has 36 heavy (non-hydrogen) atoms. The van der Waals surface area contributed by atoms with Gasteiger partial charge in [-0.05, 0) is 41.3 Å². The smallest absolute Gasteiger partial charge is 0.241 e.